The standard InChI is InChI=1S/C20H16F9N/c1-10(2)16(5-11(3)18(21,22)23)17(12(4)19(24,25)26)14-6-13(9-30)7-15(8-14)20(27,28)29/h5-8,10H,4H2,1-3H3/b11-5+,17-16-. The highest BCUT2D eigenvalue weighted by Crippen LogP contribution is 2.42. The number of nitrogens with zero attached hydrogens (tertiary/aromatic N) is 1. The minimum absolute atomic E-state index is 0.353. The number of rotatable bonds is 4. The number of hydrogen-bond donors (Lipinski definition) is 0. The zero-order valence-electron chi connectivity index (χ0n) is 15.9. The summed E-state index contributed by atoms with van der Waals surface area (Å²) in [6, 6.07) is 2.95. The number of nitriles is 1. The van der Waals surface area contributed by atoms with Gasteiger partial charge in [-0.2, -0.15) is 44.8 Å². The Kier molecular flexibility index (Phi) is 7.24. The van der Waals surface area contributed by atoms with Crippen molar-refractivity contribution in [1.82, 2.24) is 0 Å². The molecule has 0 aliphatic heterocycles. The van der Waals surface area contributed by atoms with Crippen molar-refractivity contribution in [2.45, 2.75) is 39.3 Å². The van der Waals surface area contributed by atoms with Gasteiger partial charge in [0.15, 0.2) is 0 Å². The van der Waals surface area contributed by atoms with Gasteiger partial charge in [0.25, 0.3) is 0 Å². The van der Waals surface area contributed by atoms with E-state index in [0.717, 1.165) is 6.07 Å². The summed E-state index contributed by atoms with van der Waals surface area (Å²) in [5.74, 6) is -0.948. The fourth-order valence-electron chi connectivity index (χ4n) is 2.50. The summed E-state index contributed by atoms with van der Waals surface area (Å²) >= 11 is 0. The maximum absolute atomic E-state index is 13.4. The third-order valence-electron chi connectivity index (χ3n) is 4.05. The molecule has 0 fully saturated rings. The van der Waals surface area contributed by atoms with Crippen molar-refractivity contribution >= 4 is 5.57 Å². The van der Waals surface area contributed by atoms with Gasteiger partial charge < -0.3 is 0 Å². The van der Waals surface area contributed by atoms with E-state index in [2.05, 4.69) is 6.58 Å². The highest BCUT2D eigenvalue weighted by atomic mass is 19.4. The maximum Gasteiger partial charge on any atom is 0.416 e. The number of allylic oxidation sites excluding steroid dienone is 5. The van der Waals surface area contributed by atoms with Crippen LogP contribution in [0.3, 0.4) is 0 Å². The van der Waals surface area contributed by atoms with Crippen molar-refractivity contribution in [2.24, 2.45) is 5.92 Å². The van der Waals surface area contributed by atoms with Gasteiger partial charge in [-0.25, -0.2) is 0 Å². The van der Waals surface area contributed by atoms with Crippen LogP contribution in [0.4, 0.5) is 39.5 Å². The van der Waals surface area contributed by atoms with Crippen molar-refractivity contribution in [3.63, 3.8) is 0 Å². The average molecular weight is 441 g/mol. The molecule has 0 unspecified atom stereocenters. The van der Waals surface area contributed by atoms with E-state index in [1.54, 1.807) is 0 Å². The van der Waals surface area contributed by atoms with Crippen LogP contribution in [0.5, 0.6) is 0 Å². The van der Waals surface area contributed by atoms with Crippen molar-refractivity contribution in [3.8, 4) is 6.07 Å². The number of benzene rings is 1. The molecule has 1 aromatic rings. The predicted molar refractivity (Wildman–Crippen MR) is 92.9 cm³/mol. The topological polar surface area (TPSA) is 23.8 Å². The first-order chi connectivity index (χ1) is 13.4. The Labute approximate surface area is 166 Å². The quantitative estimate of drug-likeness (QED) is 0.348. The Hall–Kier alpha value is -2.70. The zero-order valence-corrected chi connectivity index (χ0v) is 15.9. The lowest BCUT2D eigenvalue weighted by atomic mass is 9.85. The molecule has 0 atom stereocenters. The van der Waals surface area contributed by atoms with Gasteiger partial charge in [0.05, 0.1) is 22.8 Å². The minimum atomic E-state index is -5.14. The maximum atomic E-state index is 13.4. The molecule has 1 nitrogen and oxygen atoms in total. The number of halogens is 9. The predicted octanol–water partition coefficient (Wildman–Crippen LogP) is 7.61. The molecule has 0 aliphatic carbocycles. The molecular formula is C20H16F9N. The molecular weight excluding hydrogens is 425 g/mol. The molecule has 1 rings (SSSR count). The largest absolute Gasteiger partial charge is 0.416 e. The van der Waals surface area contributed by atoms with E-state index in [1.165, 1.54) is 19.9 Å². The van der Waals surface area contributed by atoms with E-state index in [0.29, 0.717) is 25.1 Å². The summed E-state index contributed by atoms with van der Waals surface area (Å²) in [7, 11) is 0. The highest BCUT2D eigenvalue weighted by molar-refractivity contribution is 5.84. The smallest absolute Gasteiger partial charge is 0.192 e. The second-order valence-corrected chi connectivity index (χ2v) is 6.70. The minimum Gasteiger partial charge on any atom is -0.192 e. The second-order valence-electron chi connectivity index (χ2n) is 6.70. The first kappa shape index (κ1) is 25.3. The normalized spacial score (nSPS) is 14.5. The molecule has 164 valence electrons. The molecule has 0 N–H and O–H groups in total. The van der Waals surface area contributed by atoms with E-state index in [4.69, 9.17) is 5.26 Å². The lowest BCUT2D eigenvalue weighted by molar-refractivity contribution is -0.137. The Morgan fingerprint density at radius 2 is 1.50 bits per heavy atom. The Bertz CT molecular complexity index is 918. The molecule has 0 saturated heterocycles. The van der Waals surface area contributed by atoms with E-state index in [-0.39, 0.29) is 0 Å². The van der Waals surface area contributed by atoms with Gasteiger partial charge in [-0.1, -0.05) is 26.5 Å². The Morgan fingerprint density at radius 1 is 0.967 bits per heavy atom. The van der Waals surface area contributed by atoms with Crippen LogP contribution in [-0.4, -0.2) is 12.4 Å². The molecule has 1 aromatic carbocycles. The van der Waals surface area contributed by atoms with E-state index in [9.17, 15) is 39.5 Å². The third-order valence-corrected chi connectivity index (χ3v) is 4.05. The van der Waals surface area contributed by atoms with Crippen molar-refractivity contribution in [2.75, 3.05) is 0 Å². The summed E-state index contributed by atoms with van der Waals surface area (Å²) in [5, 5.41) is 8.99. The van der Waals surface area contributed by atoms with Crippen LogP contribution >= 0.6 is 0 Å². The highest BCUT2D eigenvalue weighted by Gasteiger charge is 2.38. The fraction of sp³-hybridized carbons (Fsp3) is 0.350. The molecule has 0 heterocycles. The van der Waals surface area contributed by atoms with E-state index < -0.39 is 63.4 Å². The van der Waals surface area contributed by atoms with Crippen LogP contribution in [0.1, 0.15) is 37.5 Å². The average Bonchev–Trinajstić information content (AvgIpc) is 2.57. The molecule has 0 radical (unpaired) electrons. The summed E-state index contributed by atoms with van der Waals surface area (Å²) in [6.45, 7) is 6.07. The molecule has 0 aromatic heterocycles. The Balaban J connectivity index is 4.10. The van der Waals surface area contributed by atoms with Gasteiger partial charge >= 0.3 is 18.5 Å². The summed E-state index contributed by atoms with van der Waals surface area (Å²) < 4.78 is 119. The lowest BCUT2D eigenvalue weighted by Crippen LogP contribution is -2.16. The van der Waals surface area contributed by atoms with Gasteiger partial charge in [-0.15, -0.1) is 0 Å². The molecule has 0 aliphatic rings. The van der Waals surface area contributed by atoms with Gasteiger partial charge in [0, 0.05) is 5.57 Å². The van der Waals surface area contributed by atoms with Gasteiger partial charge in [-0.05, 0) is 47.8 Å². The number of hydrogen-bond acceptors (Lipinski definition) is 1. The van der Waals surface area contributed by atoms with Crippen LogP contribution < -0.4 is 0 Å². The summed E-state index contributed by atoms with van der Waals surface area (Å²) in [6.07, 6.45) is -14.6. The molecule has 0 spiro atoms. The van der Waals surface area contributed by atoms with Gasteiger partial charge in [0.1, 0.15) is 0 Å². The van der Waals surface area contributed by atoms with E-state index in [1.807, 2.05) is 0 Å². The zero-order chi connectivity index (χ0) is 23.7. The van der Waals surface area contributed by atoms with Crippen molar-refractivity contribution < 1.29 is 39.5 Å². The molecule has 10 heteroatoms. The molecule has 0 bridgehead atoms. The van der Waals surface area contributed by atoms with Crippen molar-refractivity contribution in [1.29, 1.82) is 5.26 Å². The van der Waals surface area contributed by atoms with Gasteiger partial charge in [0.2, 0.25) is 0 Å². The fourth-order valence-corrected chi connectivity index (χ4v) is 2.50. The van der Waals surface area contributed by atoms with Crippen LogP contribution in [0.2, 0.25) is 0 Å². The van der Waals surface area contributed by atoms with Gasteiger partial charge in [-0.3, -0.25) is 0 Å². The number of alkyl halides is 9. The lowest BCUT2D eigenvalue weighted by Gasteiger charge is -2.22. The Morgan fingerprint density at radius 3 is 1.87 bits per heavy atom. The first-order valence-corrected chi connectivity index (χ1v) is 8.28. The van der Waals surface area contributed by atoms with Crippen LogP contribution in [0.25, 0.3) is 5.57 Å². The monoisotopic (exact) mass is 441 g/mol. The third kappa shape index (κ3) is 6.15. The second kappa shape index (κ2) is 8.58. The summed E-state index contributed by atoms with van der Waals surface area (Å²) in [4.78, 5) is 0. The van der Waals surface area contributed by atoms with E-state index >= 15 is 0 Å². The molecule has 0 saturated carbocycles. The molecule has 30 heavy (non-hydrogen) atoms. The first-order valence-electron chi connectivity index (χ1n) is 8.28. The SMILES string of the molecule is C=C(/C(=C(\C=C(/C)C(F)(F)F)C(C)C)c1cc(C#N)cc(C(F)(F)F)c1)C(F)(F)F. The van der Waals surface area contributed by atoms with Crippen LogP contribution in [0.15, 0.2) is 47.6 Å². The molecule has 0 amide bonds. The van der Waals surface area contributed by atoms with Crippen molar-refractivity contribution in [3.05, 3.63) is 64.3 Å². The van der Waals surface area contributed by atoms with Crippen LogP contribution in [0, 0.1) is 17.2 Å². The summed E-state index contributed by atoms with van der Waals surface area (Å²) in [5.41, 5.74) is -7.06. The van der Waals surface area contributed by atoms with Crippen LogP contribution in [-0.2, 0) is 6.18 Å².